The molecule has 0 fully saturated rings. The number of rotatable bonds is 2. The monoisotopic (exact) mass is 172 g/mol. The molecule has 0 unspecified atom stereocenters. The van der Waals surface area contributed by atoms with Crippen molar-refractivity contribution in [3.05, 3.63) is 0 Å². The number of hydrogen-bond acceptors (Lipinski definition) is 1. The smallest absolute Gasteiger partial charge is 0.176 e. The van der Waals surface area contributed by atoms with Gasteiger partial charge in [0.1, 0.15) is 0 Å². The van der Waals surface area contributed by atoms with E-state index < -0.39 is 6.89 Å². The van der Waals surface area contributed by atoms with Gasteiger partial charge in [-0.05, 0) is 23.4 Å². The van der Waals surface area contributed by atoms with E-state index in [9.17, 15) is 4.79 Å². The highest BCUT2D eigenvalue weighted by atomic mass is 31.2. The highest BCUT2D eigenvalue weighted by molar-refractivity contribution is 7.75. The van der Waals surface area contributed by atoms with E-state index in [4.69, 9.17) is 0 Å². The quantitative estimate of drug-likeness (QED) is 0.461. The molecule has 0 spiro atoms. The van der Waals surface area contributed by atoms with Gasteiger partial charge in [0, 0.05) is 0 Å². The van der Waals surface area contributed by atoms with Gasteiger partial charge in [0.25, 0.3) is 0 Å². The van der Waals surface area contributed by atoms with E-state index in [0.717, 1.165) is 0 Å². The summed E-state index contributed by atoms with van der Waals surface area (Å²) in [5.74, 6) is 1.82. The molecule has 64 valence electrons. The maximum Gasteiger partial charge on any atom is 0.176 e. The fourth-order valence-corrected chi connectivity index (χ4v) is 2.86. The minimum absolute atomic E-state index is 0.545. The van der Waals surface area contributed by atoms with E-state index in [0.29, 0.717) is 11.3 Å². The van der Waals surface area contributed by atoms with Crippen molar-refractivity contribution < 1.29 is 4.79 Å². The highest BCUT2D eigenvalue weighted by Gasteiger charge is 2.19. The van der Waals surface area contributed by atoms with E-state index in [-0.39, 0.29) is 0 Å². The Morgan fingerprint density at radius 2 is 1.45 bits per heavy atom. The largest absolute Gasteiger partial charge is 0.224 e. The zero-order valence-electron chi connectivity index (χ0n) is 8.01. The Kier molecular flexibility index (Phi) is 3.90. The SMILES string of the molecule is CC(C)P(C)(=C=C=O)C(C)C. The molecule has 0 aliphatic heterocycles. The van der Waals surface area contributed by atoms with Crippen LogP contribution in [0.5, 0.6) is 0 Å². The maximum absolute atomic E-state index is 10.2. The third-order valence-electron chi connectivity index (χ3n) is 2.43. The van der Waals surface area contributed by atoms with Gasteiger partial charge in [0.05, 0.1) is 0 Å². The van der Waals surface area contributed by atoms with Crippen molar-refractivity contribution in [3.8, 4) is 0 Å². The van der Waals surface area contributed by atoms with Gasteiger partial charge in [0.15, 0.2) is 5.94 Å². The molecule has 0 bridgehead atoms. The van der Waals surface area contributed by atoms with Crippen LogP contribution in [0.15, 0.2) is 0 Å². The van der Waals surface area contributed by atoms with Crippen molar-refractivity contribution >= 4 is 18.3 Å². The molecule has 0 saturated carbocycles. The number of carbonyl (C=O) groups excluding carboxylic acids is 1. The molecule has 0 aliphatic rings. The molecule has 0 heterocycles. The second-order valence-corrected chi connectivity index (χ2v) is 8.13. The van der Waals surface area contributed by atoms with Crippen LogP contribution in [0.3, 0.4) is 0 Å². The molecular weight excluding hydrogens is 155 g/mol. The Hall–Kier alpha value is -0.210. The van der Waals surface area contributed by atoms with Gasteiger partial charge >= 0.3 is 0 Å². The Morgan fingerprint density at radius 3 is 1.55 bits per heavy atom. The first-order valence-corrected chi connectivity index (χ1v) is 6.33. The predicted octanol–water partition coefficient (Wildman–Crippen LogP) is 2.24. The molecule has 2 heteroatoms. The van der Waals surface area contributed by atoms with Crippen molar-refractivity contribution in [2.24, 2.45) is 0 Å². The lowest BCUT2D eigenvalue weighted by Gasteiger charge is -2.26. The Morgan fingerprint density at radius 1 is 1.09 bits per heavy atom. The number of hydrogen-bond donors (Lipinski definition) is 0. The highest BCUT2D eigenvalue weighted by Crippen LogP contribution is 2.50. The summed E-state index contributed by atoms with van der Waals surface area (Å²) in [5, 5.41) is 0. The van der Waals surface area contributed by atoms with Gasteiger partial charge in [-0.15, -0.1) is 0 Å². The predicted molar refractivity (Wildman–Crippen MR) is 53.8 cm³/mol. The fraction of sp³-hybridized carbons (Fsp3) is 0.778. The summed E-state index contributed by atoms with van der Waals surface area (Å²) in [7, 11) is 0. The van der Waals surface area contributed by atoms with Crippen molar-refractivity contribution in [3.63, 3.8) is 0 Å². The lowest BCUT2D eigenvalue weighted by molar-refractivity contribution is 0.571. The minimum Gasteiger partial charge on any atom is -0.224 e. The Labute approximate surface area is 69.5 Å². The molecule has 0 saturated heterocycles. The molecule has 0 aromatic rings. The summed E-state index contributed by atoms with van der Waals surface area (Å²) in [5.41, 5.74) is 3.95. The Balaban J connectivity index is 5.18. The Bertz CT molecular complexity index is 216. The van der Waals surface area contributed by atoms with Crippen LogP contribution in [-0.2, 0) is 4.79 Å². The van der Waals surface area contributed by atoms with Gasteiger partial charge in [-0.25, -0.2) is 4.79 Å². The molecule has 0 rings (SSSR count). The minimum atomic E-state index is -1.29. The summed E-state index contributed by atoms with van der Waals surface area (Å²) in [6, 6.07) is 0. The summed E-state index contributed by atoms with van der Waals surface area (Å²) in [4.78, 5) is 10.2. The lowest BCUT2D eigenvalue weighted by Crippen LogP contribution is -2.07. The van der Waals surface area contributed by atoms with Crippen LogP contribution < -0.4 is 0 Å². The fourth-order valence-electron chi connectivity index (χ4n) is 0.953. The van der Waals surface area contributed by atoms with Gasteiger partial charge in [-0.2, -0.15) is 0 Å². The molecule has 0 amide bonds. The molecule has 0 radical (unpaired) electrons. The van der Waals surface area contributed by atoms with Crippen LogP contribution in [-0.4, -0.2) is 29.4 Å². The molecule has 0 atom stereocenters. The first-order valence-electron chi connectivity index (χ1n) is 3.95. The third-order valence-corrected chi connectivity index (χ3v) is 7.30. The van der Waals surface area contributed by atoms with Gasteiger partial charge in [-0.1, -0.05) is 34.6 Å². The molecule has 0 aromatic heterocycles. The second kappa shape index (κ2) is 3.98. The van der Waals surface area contributed by atoms with E-state index in [1.165, 1.54) is 0 Å². The first kappa shape index (κ1) is 10.8. The second-order valence-electron chi connectivity index (χ2n) is 3.55. The van der Waals surface area contributed by atoms with Crippen molar-refractivity contribution in [1.29, 1.82) is 0 Å². The van der Waals surface area contributed by atoms with E-state index in [1.807, 2.05) is 5.94 Å². The molecular formula is C9H17OP. The van der Waals surface area contributed by atoms with Gasteiger partial charge in [-0.3, -0.25) is 0 Å². The van der Waals surface area contributed by atoms with Gasteiger partial charge in [0.2, 0.25) is 0 Å². The van der Waals surface area contributed by atoms with Crippen LogP contribution in [0.4, 0.5) is 0 Å². The van der Waals surface area contributed by atoms with Crippen LogP contribution in [0, 0.1) is 0 Å². The molecule has 11 heavy (non-hydrogen) atoms. The van der Waals surface area contributed by atoms with Crippen molar-refractivity contribution in [2.45, 2.75) is 39.0 Å². The summed E-state index contributed by atoms with van der Waals surface area (Å²) in [6.07, 6.45) is 0. The summed E-state index contributed by atoms with van der Waals surface area (Å²) in [6.45, 7) is 9.48. The van der Waals surface area contributed by atoms with Crippen molar-refractivity contribution in [2.75, 3.05) is 6.66 Å². The lowest BCUT2D eigenvalue weighted by atomic mass is 10.5. The first-order chi connectivity index (χ1) is 4.95. The molecule has 0 aromatic carbocycles. The summed E-state index contributed by atoms with van der Waals surface area (Å²) >= 11 is 0. The average molecular weight is 172 g/mol. The van der Waals surface area contributed by atoms with Crippen LogP contribution in [0.2, 0.25) is 0 Å². The third kappa shape index (κ3) is 2.38. The van der Waals surface area contributed by atoms with Crippen molar-refractivity contribution in [1.82, 2.24) is 0 Å². The van der Waals surface area contributed by atoms with Gasteiger partial charge < -0.3 is 0 Å². The normalized spacial score (nSPS) is 11.5. The van der Waals surface area contributed by atoms with Crippen LogP contribution in [0.1, 0.15) is 27.7 Å². The van der Waals surface area contributed by atoms with Crippen LogP contribution in [0.25, 0.3) is 0 Å². The zero-order chi connectivity index (χ0) is 9.07. The standard InChI is InChI=1S/C9H17OP/c1-8(2)11(5,7-6-10)9(3)4/h8-9H,1-5H3. The molecule has 1 nitrogen and oxygen atoms in total. The van der Waals surface area contributed by atoms with Crippen LogP contribution >= 0.6 is 6.89 Å². The zero-order valence-corrected chi connectivity index (χ0v) is 8.90. The average Bonchev–Trinajstić information content (AvgIpc) is 1.87. The topological polar surface area (TPSA) is 17.1 Å². The van der Waals surface area contributed by atoms with E-state index >= 15 is 0 Å². The van der Waals surface area contributed by atoms with E-state index in [1.54, 1.807) is 0 Å². The summed E-state index contributed by atoms with van der Waals surface area (Å²) < 4.78 is 0. The van der Waals surface area contributed by atoms with E-state index in [2.05, 4.69) is 39.8 Å². The maximum atomic E-state index is 10.2. The molecule has 0 N–H and O–H groups in total. The molecule has 0 aliphatic carbocycles.